The molecule has 3 nitrogen and oxygen atoms in total. The number of piperidine rings is 1. The molecular formula is C18H28N2O. The van der Waals surface area contributed by atoms with E-state index in [2.05, 4.69) is 31.2 Å². The highest BCUT2D eigenvalue weighted by molar-refractivity contribution is 5.77. The number of nitrogens with two attached hydrogens (primary N) is 1. The highest BCUT2D eigenvalue weighted by Gasteiger charge is 2.28. The fourth-order valence-electron chi connectivity index (χ4n) is 3.15. The number of nitrogens with zero attached hydrogens (tertiary/aromatic N) is 1. The molecule has 1 aromatic rings. The third-order valence-electron chi connectivity index (χ3n) is 4.54. The third-order valence-corrected chi connectivity index (χ3v) is 4.54. The molecule has 1 fully saturated rings. The van der Waals surface area contributed by atoms with Crippen molar-refractivity contribution in [1.29, 1.82) is 0 Å². The fourth-order valence-corrected chi connectivity index (χ4v) is 3.15. The summed E-state index contributed by atoms with van der Waals surface area (Å²) in [6.07, 6.45) is 5.83. The Morgan fingerprint density at radius 2 is 1.95 bits per heavy atom. The molecule has 1 aliphatic rings. The molecule has 21 heavy (non-hydrogen) atoms. The van der Waals surface area contributed by atoms with E-state index in [1.807, 2.05) is 11.8 Å². The van der Waals surface area contributed by atoms with Gasteiger partial charge >= 0.3 is 0 Å². The largest absolute Gasteiger partial charge is 0.338 e. The molecule has 2 unspecified atom stereocenters. The molecule has 0 spiro atoms. The van der Waals surface area contributed by atoms with Crippen LogP contribution in [0.3, 0.4) is 0 Å². The van der Waals surface area contributed by atoms with E-state index < -0.39 is 0 Å². The van der Waals surface area contributed by atoms with E-state index in [4.69, 9.17) is 5.73 Å². The van der Waals surface area contributed by atoms with E-state index in [9.17, 15) is 4.79 Å². The van der Waals surface area contributed by atoms with E-state index in [0.29, 0.717) is 6.42 Å². The lowest BCUT2D eigenvalue weighted by Gasteiger charge is -2.38. The maximum Gasteiger partial charge on any atom is 0.223 e. The number of carbonyl (C=O) groups is 1. The maximum absolute atomic E-state index is 12.5. The van der Waals surface area contributed by atoms with Crippen molar-refractivity contribution >= 4 is 5.91 Å². The summed E-state index contributed by atoms with van der Waals surface area (Å²) < 4.78 is 0. The SMILES string of the molecule is CCc1ccc(CCC(=O)N2CCCCC2C(C)N)cc1. The van der Waals surface area contributed by atoms with Crippen LogP contribution in [0.2, 0.25) is 0 Å². The monoisotopic (exact) mass is 288 g/mol. The molecule has 1 aliphatic heterocycles. The summed E-state index contributed by atoms with van der Waals surface area (Å²) in [7, 11) is 0. The molecule has 2 N–H and O–H groups in total. The van der Waals surface area contributed by atoms with Crippen LogP contribution in [0.25, 0.3) is 0 Å². The van der Waals surface area contributed by atoms with Gasteiger partial charge in [-0.05, 0) is 50.2 Å². The second kappa shape index (κ2) is 7.60. The predicted octanol–water partition coefficient (Wildman–Crippen LogP) is 2.91. The van der Waals surface area contributed by atoms with Gasteiger partial charge in [-0.3, -0.25) is 4.79 Å². The lowest BCUT2D eigenvalue weighted by atomic mass is 9.96. The number of amides is 1. The molecular weight excluding hydrogens is 260 g/mol. The zero-order valence-electron chi connectivity index (χ0n) is 13.3. The Hall–Kier alpha value is -1.35. The zero-order chi connectivity index (χ0) is 15.2. The van der Waals surface area contributed by atoms with Crippen LogP contribution in [0, 0.1) is 0 Å². The van der Waals surface area contributed by atoms with E-state index in [0.717, 1.165) is 32.2 Å². The standard InChI is InChI=1S/C18H28N2O/c1-3-15-7-9-16(10-8-15)11-12-18(21)20-13-5-4-6-17(20)14(2)19/h7-10,14,17H,3-6,11-13,19H2,1-2H3. The summed E-state index contributed by atoms with van der Waals surface area (Å²) in [5.74, 6) is 0.261. The summed E-state index contributed by atoms with van der Waals surface area (Å²) in [5, 5.41) is 0. The number of hydrogen-bond acceptors (Lipinski definition) is 2. The average Bonchev–Trinajstić information content (AvgIpc) is 2.53. The molecule has 2 rings (SSSR count). The smallest absolute Gasteiger partial charge is 0.223 e. The van der Waals surface area contributed by atoms with Gasteiger partial charge in [-0.25, -0.2) is 0 Å². The molecule has 0 aromatic heterocycles. The number of likely N-dealkylation sites (tertiary alicyclic amines) is 1. The first-order valence-electron chi connectivity index (χ1n) is 8.24. The molecule has 1 amide bonds. The number of hydrogen-bond donors (Lipinski definition) is 1. The molecule has 1 saturated heterocycles. The van der Waals surface area contributed by atoms with Gasteiger partial charge in [0.2, 0.25) is 5.91 Å². The van der Waals surface area contributed by atoms with Crippen molar-refractivity contribution < 1.29 is 4.79 Å². The highest BCUT2D eigenvalue weighted by atomic mass is 16.2. The topological polar surface area (TPSA) is 46.3 Å². The first-order chi connectivity index (χ1) is 10.1. The Morgan fingerprint density at radius 3 is 2.57 bits per heavy atom. The van der Waals surface area contributed by atoms with E-state index in [1.165, 1.54) is 17.5 Å². The van der Waals surface area contributed by atoms with Gasteiger partial charge in [0.15, 0.2) is 0 Å². The summed E-state index contributed by atoms with van der Waals surface area (Å²) >= 11 is 0. The van der Waals surface area contributed by atoms with Gasteiger partial charge in [-0.2, -0.15) is 0 Å². The number of rotatable bonds is 5. The van der Waals surface area contributed by atoms with E-state index >= 15 is 0 Å². The number of carbonyl (C=O) groups excluding carboxylic acids is 1. The Bertz CT molecular complexity index is 453. The quantitative estimate of drug-likeness (QED) is 0.905. The number of aryl methyl sites for hydroxylation is 2. The van der Waals surface area contributed by atoms with Crippen LogP contribution < -0.4 is 5.73 Å². The van der Waals surface area contributed by atoms with Gasteiger partial charge in [-0.1, -0.05) is 31.2 Å². The van der Waals surface area contributed by atoms with Crippen molar-refractivity contribution in [2.45, 2.75) is 64.5 Å². The van der Waals surface area contributed by atoms with Crippen LogP contribution >= 0.6 is 0 Å². The fraction of sp³-hybridized carbons (Fsp3) is 0.611. The molecule has 0 aliphatic carbocycles. The second-order valence-electron chi connectivity index (χ2n) is 6.18. The summed E-state index contributed by atoms with van der Waals surface area (Å²) in [6.45, 7) is 5.04. The van der Waals surface area contributed by atoms with Crippen molar-refractivity contribution in [3.8, 4) is 0 Å². The van der Waals surface area contributed by atoms with Crippen LogP contribution in [-0.2, 0) is 17.6 Å². The molecule has 0 radical (unpaired) electrons. The lowest BCUT2D eigenvalue weighted by Crippen LogP contribution is -2.51. The predicted molar refractivity (Wildman–Crippen MR) is 87.1 cm³/mol. The van der Waals surface area contributed by atoms with Crippen molar-refractivity contribution in [2.24, 2.45) is 5.73 Å². The molecule has 1 aromatic carbocycles. The minimum Gasteiger partial charge on any atom is -0.338 e. The van der Waals surface area contributed by atoms with Crippen LogP contribution in [0.5, 0.6) is 0 Å². The first-order valence-corrected chi connectivity index (χ1v) is 8.24. The minimum atomic E-state index is 0.0677. The van der Waals surface area contributed by atoms with Crippen LogP contribution in [0.1, 0.15) is 50.7 Å². The summed E-state index contributed by atoms with van der Waals surface area (Å²) in [4.78, 5) is 14.5. The van der Waals surface area contributed by atoms with Crippen molar-refractivity contribution in [3.63, 3.8) is 0 Å². The Balaban J connectivity index is 1.90. The van der Waals surface area contributed by atoms with Crippen LogP contribution in [0.15, 0.2) is 24.3 Å². The Labute approximate surface area is 128 Å². The average molecular weight is 288 g/mol. The zero-order valence-corrected chi connectivity index (χ0v) is 13.3. The van der Waals surface area contributed by atoms with Crippen molar-refractivity contribution in [1.82, 2.24) is 4.90 Å². The Morgan fingerprint density at radius 1 is 1.29 bits per heavy atom. The molecule has 1 heterocycles. The van der Waals surface area contributed by atoms with Gasteiger partial charge < -0.3 is 10.6 Å². The van der Waals surface area contributed by atoms with Gasteiger partial charge in [0, 0.05) is 25.0 Å². The summed E-state index contributed by atoms with van der Waals surface area (Å²) in [5.41, 5.74) is 8.63. The minimum absolute atomic E-state index is 0.0677. The van der Waals surface area contributed by atoms with Gasteiger partial charge in [0.1, 0.15) is 0 Å². The summed E-state index contributed by atoms with van der Waals surface area (Å²) in [6, 6.07) is 8.90. The Kier molecular flexibility index (Phi) is 5.80. The number of benzene rings is 1. The van der Waals surface area contributed by atoms with E-state index in [1.54, 1.807) is 0 Å². The van der Waals surface area contributed by atoms with E-state index in [-0.39, 0.29) is 18.0 Å². The first kappa shape index (κ1) is 16.0. The lowest BCUT2D eigenvalue weighted by molar-refractivity contribution is -0.135. The van der Waals surface area contributed by atoms with Gasteiger partial charge in [-0.15, -0.1) is 0 Å². The van der Waals surface area contributed by atoms with Gasteiger partial charge in [0.25, 0.3) is 0 Å². The second-order valence-corrected chi connectivity index (χ2v) is 6.18. The molecule has 2 atom stereocenters. The highest BCUT2D eigenvalue weighted by Crippen LogP contribution is 2.20. The molecule has 0 saturated carbocycles. The van der Waals surface area contributed by atoms with Crippen molar-refractivity contribution in [3.05, 3.63) is 35.4 Å². The third kappa shape index (κ3) is 4.31. The van der Waals surface area contributed by atoms with Crippen molar-refractivity contribution in [2.75, 3.05) is 6.54 Å². The van der Waals surface area contributed by atoms with Crippen LogP contribution in [-0.4, -0.2) is 29.4 Å². The van der Waals surface area contributed by atoms with Gasteiger partial charge in [0.05, 0.1) is 0 Å². The van der Waals surface area contributed by atoms with Crippen LogP contribution in [0.4, 0.5) is 0 Å². The normalized spacial score (nSPS) is 20.3. The molecule has 3 heteroatoms. The molecule has 116 valence electrons. The maximum atomic E-state index is 12.5. The molecule has 0 bridgehead atoms.